The summed E-state index contributed by atoms with van der Waals surface area (Å²) >= 11 is 0. The Morgan fingerprint density at radius 2 is 1.86 bits per heavy atom. The number of carbonyl (C=O) groups is 1. The summed E-state index contributed by atoms with van der Waals surface area (Å²) in [6, 6.07) is 15.6. The molecule has 190 valence electrons. The molecule has 35 heavy (non-hydrogen) atoms. The first-order valence-electron chi connectivity index (χ1n) is 12.3. The van der Waals surface area contributed by atoms with Crippen LogP contribution in [-0.2, 0) is 16.0 Å². The normalized spacial score (nSPS) is 14.4. The fourth-order valence-electron chi connectivity index (χ4n) is 3.47. The fraction of sp³-hybridized carbons (Fsp3) is 0.481. The SMILES string of the molecule is CC(C)COCCc1ccc(OCC(O)CNCCOc2cccc(C3=NNC(=O)CC3)c2)cc1. The number of ether oxygens (including phenoxy) is 3. The number of nitrogens with one attached hydrogen (secondary N) is 2. The Bertz CT molecular complexity index is 946. The summed E-state index contributed by atoms with van der Waals surface area (Å²) < 4.78 is 17.1. The molecule has 0 spiro atoms. The highest BCUT2D eigenvalue weighted by atomic mass is 16.5. The molecule has 1 amide bonds. The molecule has 0 fully saturated rings. The van der Waals surface area contributed by atoms with E-state index in [1.807, 2.05) is 48.5 Å². The zero-order valence-electron chi connectivity index (χ0n) is 20.7. The Hall–Kier alpha value is -2.94. The lowest BCUT2D eigenvalue weighted by molar-refractivity contribution is -0.121. The molecule has 3 N–H and O–H groups in total. The molecule has 1 atom stereocenters. The number of amides is 1. The average Bonchev–Trinajstić information content (AvgIpc) is 2.86. The Kier molecular flexibility index (Phi) is 11.0. The minimum Gasteiger partial charge on any atom is -0.492 e. The smallest absolute Gasteiger partial charge is 0.240 e. The molecule has 0 radical (unpaired) electrons. The van der Waals surface area contributed by atoms with E-state index < -0.39 is 6.10 Å². The highest BCUT2D eigenvalue weighted by Gasteiger charge is 2.13. The zero-order valence-corrected chi connectivity index (χ0v) is 20.7. The second-order valence-electron chi connectivity index (χ2n) is 9.00. The molecule has 8 heteroatoms. The molecule has 1 aliphatic heterocycles. The standard InChI is InChI=1S/C27H37N3O5/c1-20(2)18-33-14-12-21-6-8-24(9-7-21)35-19-23(31)17-28-13-15-34-25-5-3-4-22(16-25)26-10-11-27(32)30-29-26/h3-9,16,20,23,28,31H,10-15,17-19H2,1-2H3,(H,30,32). The van der Waals surface area contributed by atoms with Gasteiger partial charge in [0.1, 0.15) is 30.8 Å². The van der Waals surface area contributed by atoms with E-state index >= 15 is 0 Å². The van der Waals surface area contributed by atoms with Crippen LogP contribution < -0.4 is 20.2 Å². The number of aliphatic hydroxyl groups excluding tert-OH is 1. The van der Waals surface area contributed by atoms with E-state index in [2.05, 4.69) is 29.7 Å². The fourth-order valence-corrected chi connectivity index (χ4v) is 3.47. The molecule has 8 nitrogen and oxygen atoms in total. The Balaban J connectivity index is 1.27. The van der Waals surface area contributed by atoms with Crippen LogP contribution in [-0.4, -0.2) is 62.3 Å². The number of aliphatic hydroxyl groups is 1. The first-order chi connectivity index (χ1) is 17.0. The van der Waals surface area contributed by atoms with Gasteiger partial charge in [-0.05, 0) is 42.2 Å². The Labute approximate surface area is 207 Å². The van der Waals surface area contributed by atoms with Crippen molar-refractivity contribution in [2.45, 2.75) is 39.2 Å². The van der Waals surface area contributed by atoms with Crippen LogP contribution in [0.1, 0.15) is 37.8 Å². The summed E-state index contributed by atoms with van der Waals surface area (Å²) in [5, 5.41) is 17.5. The van der Waals surface area contributed by atoms with Crippen molar-refractivity contribution in [2.24, 2.45) is 11.0 Å². The van der Waals surface area contributed by atoms with Crippen LogP contribution in [0.4, 0.5) is 0 Å². The van der Waals surface area contributed by atoms with Crippen LogP contribution in [0.2, 0.25) is 0 Å². The van der Waals surface area contributed by atoms with E-state index in [1.165, 1.54) is 5.56 Å². The maximum absolute atomic E-state index is 11.3. The van der Waals surface area contributed by atoms with Crippen molar-refractivity contribution in [3.05, 3.63) is 59.7 Å². The van der Waals surface area contributed by atoms with Crippen molar-refractivity contribution < 1.29 is 24.1 Å². The maximum atomic E-state index is 11.3. The van der Waals surface area contributed by atoms with Gasteiger partial charge in [-0.3, -0.25) is 4.79 Å². The monoisotopic (exact) mass is 483 g/mol. The van der Waals surface area contributed by atoms with E-state index in [-0.39, 0.29) is 12.5 Å². The third kappa shape index (κ3) is 10.1. The van der Waals surface area contributed by atoms with Gasteiger partial charge in [0.2, 0.25) is 5.91 Å². The van der Waals surface area contributed by atoms with Gasteiger partial charge in [0.15, 0.2) is 0 Å². The Morgan fingerprint density at radius 1 is 1.03 bits per heavy atom. The predicted octanol–water partition coefficient (Wildman–Crippen LogP) is 2.92. The minimum atomic E-state index is -0.623. The van der Waals surface area contributed by atoms with Crippen molar-refractivity contribution in [2.75, 3.05) is 39.5 Å². The van der Waals surface area contributed by atoms with Gasteiger partial charge < -0.3 is 24.6 Å². The van der Waals surface area contributed by atoms with E-state index in [0.717, 1.165) is 35.8 Å². The van der Waals surface area contributed by atoms with Gasteiger partial charge in [-0.2, -0.15) is 5.10 Å². The summed E-state index contributed by atoms with van der Waals surface area (Å²) in [6.45, 7) is 7.45. The molecule has 2 aromatic carbocycles. The van der Waals surface area contributed by atoms with E-state index in [9.17, 15) is 9.90 Å². The maximum Gasteiger partial charge on any atom is 0.240 e. The van der Waals surface area contributed by atoms with Gasteiger partial charge in [0, 0.05) is 38.1 Å². The summed E-state index contributed by atoms with van der Waals surface area (Å²) in [5.74, 6) is 1.96. The number of hydrogen-bond donors (Lipinski definition) is 3. The number of benzene rings is 2. The number of nitrogens with zero attached hydrogens (tertiary/aromatic N) is 1. The van der Waals surface area contributed by atoms with Gasteiger partial charge in [-0.15, -0.1) is 0 Å². The summed E-state index contributed by atoms with van der Waals surface area (Å²) in [5.41, 5.74) is 5.51. The summed E-state index contributed by atoms with van der Waals surface area (Å²) in [4.78, 5) is 11.3. The molecule has 0 aromatic heterocycles. The second-order valence-corrected chi connectivity index (χ2v) is 9.00. The molecule has 1 unspecified atom stereocenters. The molecular formula is C27H37N3O5. The van der Waals surface area contributed by atoms with Crippen LogP contribution in [0.15, 0.2) is 53.6 Å². The van der Waals surface area contributed by atoms with Crippen molar-refractivity contribution in [3.8, 4) is 11.5 Å². The average molecular weight is 484 g/mol. The van der Waals surface area contributed by atoms with Gasteiger partial charge in [0.25, 0.3) is 0 Å². The highest BCUT2D eigenvalue weighted by Crippen LogP contribution is 2.17. The van der Waals surface area contributed by atoms with E-state index in [1.54, 1.807) is 0 Å². The molecule has 1 aliphatic rings. The van der Waals surface area contributed by atoms with Crippen LogP contribution >= 0.6 is 0 Å². The molecular weight excluding hydrogens is 446 g/mol. The predicted molar refractivity (Wildman–Crippen MR) is 136 cm³/mol. The second kappa shape index (κ2) is 14.5. The quantitative estimate of drug-likeness (QED) is 0.337. The van der Waals surface area contributed by atoms with Crippen LogP contribution in [0.25, 0.3) is 0 Å². The van der Waals surface area contributed by atoms with Gasteiger partial charge in [-0.25, -0.2) is 5.43 Å². The lowest BCUT2D eigenvalue weighted by Gasteiger charge is -2.15. The molecule has 1 heterocycles. The van der Waals surface area contributed by atoms with Crippen LogP contribution in [0.5, 0.6) is 11.5 Å². The van der Waals surface area contributed by atoms with Crippen LogP contribution in [0, 0.1) is 5.92 Å². The first-order valence-corrected chi connectivity index (χ1v) is 12.3. The number of carbonyl (C=O) groups excluding carboxylic acids is 1. The van der Waals surface area contributed by atoms with Crippen molar-refractivity contribution >= 4 is 11.6 Å². The summed E-state index contributed by atoms with van der Waals surface area (Å²) in [6.07, 6.45) is 1.31. The minimum absolute atomic E-state index is 0.0591. The van der Waals surface area contributed by atoms with Crippen molar-refractivity contribution in [3.63, 3.8) is 0 Å². The van der Waals surface area contributed by atoms with Crippen molar-refractivity contribution in [1.29, 1.82) is 0 Å². The van der Waals surface area contributed by atoms with Gasteiger partial charge in [0.05, 0.1) is 12.3 Å². The largest absolute Gasteiger partial charge is 0.492 e. The summed E-state index contributed by atoms with van der Waals surface area (Å²) in [7, 11) is 0. The van der Waals surface area contributed by atoms with E-state index in [4.69, 9.17) is 14.2 Å². The molecule has 2 aromatic rings. The lowest BCUT2D eigenvalue weighted by atomic mass is 10.0. The third-order valence-corrected chi connectivity index (χ3v) is 5.35. The topological polar surface area (TPSA) is 101 Å². The Morgan fingerprint density at radius 3 is 2.60 bits per heavy atom. The number of hydrogen-bond acceptors (Lipinski definition) is 7. The number of hydrazone groups is 1. The number of rotatable bonds is 15. The molecule has 0 saturated carbocycles. The van der Waals surface area contributed by atoms with E-state index in [0.29, 0.717) is 45.1 Å². The molecule has 0 bridgehead atoms. The molecule has 0 saturated heterocycles. The zero-order chi connectivity index (χ0) is 24.9. The highest BCUT2D eigenvalue weighted by molar-refractivity contribution is 6.04. The first kappa shape index (κ1) is 26.7. The van der Waals surface area contributed by atoms with Gasteiger partial charge >= 0.3 is 0 Å². The lowest BCUT2D eigenvalue weighted by Crippen LogP contribution is -2.33. The third-order valence-electron chi connectivity index (χ3n) is 5.35. The van der Waals surface area contributed by atoms with Gasteiger partial charge in [-0.1, -0.05) is 38.1 Å². The molecule has 0 aliphatic carbocycles. The molecule has 3 rings (SSSR count). The van der Waals surface area contributed by atoms with Crippen molar-refractivity contribution in [1.82, 2.24) is 10.7 Å². The van der Waals surface area contributed by atoms with Crippen LogP contribution in [0.3, 0.4) is 0 Å².